The predicted molar refractivity (Wildman–Crippen MR) is 51.6 cm³/mol. The minimum absolute atomic E-state index is 0.329. The molecule has 0 radical (unpaired) electrons. The SMILES string of the molecule is C[C@@H]1C[C@@H](C)CN([C@H](C)C(=O)O)C1. The molecule has 0 aromatic heterocycles. The molecule has 3 heteroatoms. The second kappa shape index (κ2) is 4.09. The zero-order valence-corrected chi connectivity index (χ0v) is 8.66. The summed E-state index contributed by atoms with van der Waals surface area (Å²) in [5.74, 6) is 0.553. The highest BCUT2D eigenvalue weighted by Crippen LogP contribution is 2.22. The molecule has 76 valence electrons. The van der Waals surface area contributed by atoms with Gasteiger partial charge in [-0.25, -0.2) is 0 Å². The lowest BCUT2D eigenvalue weighted by atomic mass is 9.91. The number of hydrogen-bond acceptors (Lipinski definition) is 2. The number of hydrogen-bond donors (Lipinski definition) is 1. The van der Waals surface area contributed by atoms with Gasteiger partial charge in [0.15, 0.2) is 0 Å². The Morgan fingerprint density at radius 3 is 2.23 bits per heavy atom. The molecule has 0 aromatic rings. The lowest BCUT2D eigenvalue weighted by Crippen LogP contribution is -2.47. The van der Waals surface area contributed by atoms with Crippen LogP contribution in [0.15, 0.2) is 0 Å². The lowest BCUT2D eigenvalue weighted by Gasteiger charge is -2.37. The molecule has 1 rings (SSSR count). The number of piperidine rings is 1. The van der Waals surface area contributed by atoms with Crippen LogP contribution < -0.4 is 0 Å². The summed E-state index contributed by atoms with van der Waals surface area (Å²) in [4.78, 5) is 12.8. The Hall–Kier alpha value is -0.570. The number of carboxylic acid groups (broad SMARTS) is 1. The average Bonchev–Trinajstić information content (AvgIpc) is 2.01. The van der Waals surface area contributed by atoms with Gasteiger partial charge in [0.2, 0.25) is 0 Å². The maximum Gasteiger partial charge on any atom is 0.320 e. The predicted octanol–water partition coefficient (Wildman–Crippen LogP) is 1.44. The highest BCUT2D eigenvalue weighted by atomic mass is 16.4. The number of carboxylic acids is 1. The van der Waals surface area contributed by atoms with Gasteiger partial charge in [0.05, 0.1) is 0 Å². The number of nitrogens with zero attached hydrogens (tertiary/aromatic N) is 1. The fourth-order valence-electron chi connectivity index (χ4n) is 2.18. The Balaban J connectivity index is 2.54. The Morgan fingerprint density at radius 1 is 1.38 bits per heavy atom. The van der Waals surface area contributed by atoms with Gasteiger partial charge >= 0.3 is 5.97 Å². The van der Waals surface area contributed by atoms with Crippen LogP contribution in [0, 0.1) is 11.8 Å². The molecule has 0 unspecified atom stereocenters. The van der Waals surface area contributed by atoms with Crippen molar-refractivity contribution in [2.45, 2.75) is 33.2 Å². The van der Waals surface area contributed by atoms with Crippen molar-refractivity contribution < 1.29 is 9.90 Å². The first-order chi connectivity index (χ1) is 6.00. The van der Waals surface area contributed by atoms with E-state index in [1.807, 2.05) is 0 Å². The lowest BCUT2D eigenvalue weighted by molar-refractivity contribution is -0.143. The summed E-state index contributed by atoms with van der Waals surface area (Å²) in [6, 6.07) is -0.329. The maximum atomic E-state index is 10.8. The second-order valence-electron chi connectivity index (χ2n) is 4.41. The third-order valence-corrected chi connectivity index (χ3v) is 2.80. The van der Waals surface area contributed by atoms with Crippen LogP contribution in [0.5, 0.6) is 0 Å². The number of aliphatic carboxylic acids is 1. The van der Waals surface area contributed by atoms with Crippen LogP contribution in [-0.4, -0.2) is 35.1 Å². The normalized spacial score (nSPS) is 32.8. The van der Waals surface area contributed by atoms with Crippen molar-refractivity contribution in [1.82, 2.24) is 4.90 Å². The standard InChI is InChI=1S/C10H19NO2/c1-7-4-8(2)6-11(5-7)9(3)10(12)13/h7-9H,4-6H2,1-3H3,(H,12,13)/t7-,8-,9-/m1/s1. The summed E-state index contributed by atoms with van der Waals surface area (Å²) in [6.07, 6.45) is 1.23. The minimum Gasteiger partial charge on any atom is -0.480 e. The molecule has 3 nitrogen and oxygen atoms in total. The maximum absolute atomic E-state index is 10.8. The van der Waals surface area contributed by atoms with Gasteiger partial charge in [-0.05, 0) is 25.2 Å². The van der Waals surface area contributed by atoms with Crippen LogP contribution in [-0.2, 0) is 4.79 Å². The van der Waals surface area contributed by atoms with E-state index in [9.17, 15) is 4.79 Å². The van der Waals surface area contributed by atoms with Crippen LogP contribution in [0.25, 0.3) is 0 Å². The smallest absolute Gasteiger partial charge is 0.320 e. The van der Waals surface area contributed by atoms with E-state index in [2.05, 4.69) is 18.7 Å². The van der Waals surface area contributed by atoms with E-state index in [0.717, 1.165) is 13.1 Å². The van der Waals surface area contributed by atoms with Crippen LogP contribution in [0.4, 0.5) is 0 Å². The van der Waals surface area contributed by atoms with E-state index in [-0.39, 0.29) is 6.04 Å². The van der Waals surface area contributed by atoms with E-state index in [1.54, 1.807) is 6.92 Å². The zero-order chi connectivity index (χ0) is 10.0. The average molecular weight is 185 g/mol. The molecule has 3 atom stereocenters. The summed E-state index contributed by atoms with van der Waals surface area (Å²) in [5.41, 5.74) is 0. The van der Waals surface area contributed by atoms with Crippen molar-refractivity contribution in [3.05, 3.63) is 0 Å². The molecule has 1 N–H and O–H groups in total. The topological polar surface area (TPSA) is 40.5 Å². The fourth-order valence-corrected chi connectivity index (χ4v) is 2.18. The molecule has 1 heterocycles. The van der Waals surface area contributed by atoms with E-state index in [1.165, 1.54) is 6.42 Å². The molecule has 0 spiro atoms. The Morgan fingerprint density at radius 2 is 1.85 bits per heavy atom. The van der Waals surface area contributed by atoms with Crippen molar-refractivity contribution in [2.75, 3.05) is 13.1 Å². The molecular formula is C10H19NO2. The van der Waals surface area contributed by atoms with Crippen LogP contribution in [0.3, 0.4) is 0 Å². The van der Waals surface area contributed by atoms with Gasteiger partial charge in [0.1, 0.15) is 6.04 Å². The third-order valence-electron chi connectivity index (χ3n) is 2.80. The van der Waals surface area contributed by atoms with Crippen molar-refractivity contribution in [3.63, 3.8) is 0 Å². The van der Waals surface area contributed by atoms with E-state index < -0.39 is 5.97 Å². The highest BCUT2D eigenvalue weighted by Gasteiger charge is 2.28. The largest absolute Gasteiger partial charge is 0.480 e. The van der Waals surface area contributed by atoms with E-state index in [4.69, 9.17) is 5.11 Å². The van der Waals surface area contributed by atoms with Gasteiger partial charge in [-0.3, -0.25) is 9.69 Å². The molecule has 1 fully saturated rings. The molecule has 0 aliphatic carbocycles. The molecular weight excluding hydrogens is 166 g/mol. The monoisotopic (exact) mass is 185 g/mol. The first-order valence-electron chi connectivity index (χ1n) is 4.97. The minimum atomic E-state index is -0.707. The van der Waals surface area contributed by atoms with Crippen LogP contribution in [0.1, 0.15) is 27.2 Å². The number of carbonyl (C=O) groups is 1. The summed E-state index contributed by atoms with van der Waals surface area (Å²) in [5, 5.41) is 8.87. The summed E-state index contributed by atoms with van der Waals surface area (Å²) >= 11 is 0. The van der Waals surface area contributed by atoms with Gasteiger partial charge in [-0.2, -0.15) is 0 Å². The van der Waals surface area contributed by atoms with Gasteiger partial charge in [0, 0.05) is 13.1 Å². The summed E-state index contributed by atoms with van der Waals surface area (Å²) in [7, 11) is 0. The van der Waals surface area contributed by atoms with Crippen molar-refractivity contribution >= 4 is 5.97 Å². The van der Waals surface area contributed by atoms with Crippen molar-refractivity contribution in [2.24, 2.45) is 11.8 Å². The zero-order valence-electron chi connectivity index (χ0n) is 8.66. The van der Waals surface area contributed by atoms with Gasteiger partial charge < -0.3 is 5.11 Å². The summed E-state index contributed by atoms with van der Waals surface area (Å²) in [6.45, 7) is 8.01. The van der Waals surface area contributed by atoms with Crippen molar-refractivity contribution in [3.8, 4) is 0 Å². The number of rotatable bonds is 2. The second-order valence-corrected chi connectivity index (χ2v) is 4.41. The molecule has 1 aliphatic heterocycles. The molecule has 0 amide bonds. The first-order valence-corrected chi connectivity index (χ1v) is 4.97. The Kier molecular flexibility index (Phi) is 3.31. The van der Waals surface area contributed by atoms with Crippen LogP contribution in [0.2, 0.25) is 0 Å². The molecule has 0 aromatic carbocycles. The summed E-state index contributed by atoms with van der Waals surface area (Å²) < 4.78 is 0. The molecule has 0 bridgehead atoms. The van der Waals surface area contributed by atoms with E-state index in [0.29, 0.717) is 11.8 Å². The van der Waals surface area contributed by atoms with Crippen molar-refractivity contribution in [1.29, 1.82) is 0 Å². The van der Waals surface area contributed by atoms with Gasteiger partial charge in [0.25, 0.3) is 0 Å². The fraction of sp³-hybridized carbons (Fsp3) is 0.900. The molecule has 13 heavy (non-hydrogen) atoms. The molecule has 1 aliphatic rings. The van der Waals surface area contributed by atoms with E-state index >= 15 is 0 Å². The van der Waals surface area contributed by atoms with Crippen LogP contribution >= 0.6 is 0 Å². The molecule has 0 saturated carbocycles. The number of likely N-dealkylation sites (tertiary alicyclic amines) is 1. The van der Waals surface area contributed by atoms with Gasteiger partial charge in [-0.1, -0.05) is 13.8 Å². The highest BCUT2D eigenvalue weighted by molar-refractivity contribution is 5.72. The Labute approximate surface area is 79.7 Å². The first kappa shape index (κ1) is 10.5. The molecule has 1 saturated heterocycles. The quantitative estimate of drug-likeness (QED) is 0.707. The third kappa shape index (κ3) is 2.69. The van der Waals surface area contributed by atoms with Gasteiger partial charge in [-0.15, -0.1) is 0 Å². The Bertz CT molecular complexity index is 183.